The number of ether oxygens (including phenoxy) is 3. The summed E-state index contributed by atoms with van der Waals surface area (Å²) in [6.07, 6.45) is 6.80. The van der Waals surface area contributed by atoms with Crippen molar-refractivity contribution in [3.05, 3.63) is 65.1 Å². The van der Waals surface area contributed by atoms with Crippen LogP contribution in [0.25, 0.3) is 0 Å². The molecule has 2 atom stereocenters. The number of fused-ring (bicyclic) bond motifs is 6. The maximum Gasteiger partial charge on any atom is 0.256 e. The number of nitrogens with one attached hydrogen (secondary N) is 1. The van der Waals surface area contributed by atoms with Gasteiger partial charge >= 0.3 is 0 Å². The lowest BCUT2D eigenvalue weighted by atomic mass is 9.96. The largest absolute Gasteiger partial charge is 0.456 e. The summed E-state index contributed by atoms with van der Waals surface area (Å²) in [4.78, 5) is 46.7. The van der Waals surface area contributed by atoms with E-state index in [1.54, 1.807) is 19.4 Å². The molecule has 2 aromatic heterocycles. The summed E-state index contributed by atoms with van der Waals surface area (Å²) < 4.78 is 17.8. The van der Waals surface area contributed by atoms with Crippen molar-refractivity contribution in [2.45, 2.75) is 44.4 Å². The van der Waals surface area contributed by atoms with Gasteiger partial charge in [0, 0.05) is 52.6 Å². The number of anilines is 2. The molecule has 1 N–H and O–H groups in total. The van der Waals surface area contributed by atoms with Gasteiger partial charge in [0.1, 0.15) is 17.3 Å². The van der Waals surface area contributed by atoms with Crippen molar-refractivity contribution in [1.82, 2.24) is 25.2 Å². The number of rotatable bonds is 5. The summed E-state index contributed by atoms with van der Waals surface area (Å²) in [6, 6.07) is 8.96. The lowest BCUT2D eigenvalue weighted by molar-refractivity contribution is -0.123. The Kier molecular flexibility index (Phi) is 8.89. The topological polar surface area (TPSA) is 122 Å². The van der Waals surface area contributed by atoms with Crippen molar-refractivity contribution >= 4 is 23.6 Å². The molecule has 1 saturated heterocycles. The second kappa shape index (κ2) is 13.1. The van der Waals surface area contributed by atoms with Gasteiger partial charge in [-0.25, -0.2) is 4.98 Å². The number of hydrogen-bond donors (Lipinski definition) is 1. The average molecular weight is 602 g/mol. The lowest BCUT2D eigenvalue weighted by Gasteiger charge is -2.26. The third-order valence-electron chi connectivity index (χ3n) is 8.21. The fourth-order valence-electron chi connectivity index (χ4n) is 5.97. The van der Waals surface area contributed by atoms with Crippen molar-refractivity contribution in [3.63, 3.8) is 0 Å². The number of carbonyl (C=O) groups excluding carboxylic acids is 2. The van der Waals surface area contributed by atoms with Crippen LogP contribution in [0.5, 0.6) is 11.5 Å². The zero-order chi connectivity index (χ0) is 30.6. The maximum absolute atomic E-state index is 13.6. The van der Waals surface area contributed by atoms with E-state index in [4.69, 9.17) is 24.2 Å². The summed E-state index contributed by atoms with van der Waals surface area (Å²) in [7, 11) is 5.46. The van der Waals surface area contributed by atoms with E-state index in [1.165, 1.54) is 16.7 Å². The summed E-state index contributed by atoms with van der Waals surface area (Å²) >= 11 is 0. The van der Waals surface area contributed by atoms with Crippen molar-refractivity contribution in [2.75, 3.05) is 63.8 Å². The van der Waals surface area contributed by atoms with Gasteiger partial charge in [0.15, 0.2) is 0 Å². The Morgan fingerprint density at radius 3 is 2.77 bits per heavy atom. The highest BCUT2D eigenvalue weighted by Gasteiger charge is 2.38. The highest BCUT2D eigenvalue weighted by Crippen LogP contribution is 2.33. The Balaban J connectivity index is 1.32. The molecule has 44 heavy (non-hydrogen) atoms. The van der Waals surface area contributed by atoms with Crippen LogP contribution in [0.1, 0.15) is 40.0 Å². The van der Waals surface area contributed by atoms with Crippen LogP contribution in [0, 0.1) is 0 Å². The molecular weight excluding hydrogens is 562 g/mol. The van der Waals surface area contributed by atoms with Crippen LogP contribution < -0.4 is 19.9 Å². The highest BCUT2D eigenvalue weighted by atomic mass is 16.5. The zero-order valence-corrected chi connectivity index (χ0v) is 25.5. The molecule has 0 unspecified atom stereocenters. The summed E-state index contributed by atoms with van der Waals surface area (Å²) in [5, 5.41) is 3.18. The predicted octanol–water partition coefficient (Wildman–Crippen LogP) is 2.60. The lowest BCUT2D eigenvalue weighted by Crippen LogP contribution is -2.49. The standard InChI is InChI=1S/C32H39N7O5/c1-37(2)32-35-26-10-5-4-9-25(26)30(36-32)39-17-27-28(18-39)43-20-21-7-6-8-23(13-21)44-24-14-22(15-33-16-24)31(41)38(11-12-42-3)19-29(40)34-27/h6-8,13-16,27-28H,4-5,9-12,17-20H2,1-3H3,(H,34,40)/t27-,28-/m0/s1. The van der Waals surface area contributed by atoms with E-state index in [0.717, 1.165) is 42.8 Å². The summed E-state index contributed by atoms with van der Waals surface area (Å²) in [5.74, 6) is 2.02. The van der Waals surface area contributed by atoms with E-state index in [1.807, 2.05) is 43.3 Å². The Morgan fingerprint density at radius 1 is 1.07 bits per heavy atom. The Hall–Kier alpha value is -4.29. The number of aromatic nitrogens is 3. The van der Waals surface area contributed by atoms with E-state index < -0.39 is 0 Å². The number of amides is 2. The third-order valence-corrected chi connectivity index (χ3v) is 8.21. The molecule has 6 rings (SSSR count). The van der Waals surface area contributed by atoms with Crippen LogP contribution in [-0.4, -0.2) is 97.8 Å². The summed E-state index contributed by atoms with van der Waals surface area (Å²) in [6.45, 7) is 1.80. The summed E-state index contributed by atoms with van der Waals surface area (Å²) in [5.41, 5.74) is 3.54. The Bertz CT molecular complexity index is 1520. The molecule has 1 aromatic carbocycles. The molecule has 12 nitrogen and oxygen atoms in total. The normalized spacial score (nSPS) is 20.4. The monoisotopic (exact) mass is 601 g/mol. The van der Waals surface area contributed by atoms with Crippen LogP contribution in [0.4, 0.5) is 11.8 Å². The van der Waals surface area contributed by atoms with Gasteiger partial charge in [-0.05, 0) is 49.4 Å². The number of pyridine rings is 1. The molecular formula is C32H39N7O5. The number of aryl methyl sites for hydroxylation is 1. The van der Waals surface area contributed by atoms with Crippen molar-refractivity contribution in [2.24, 2.45) is 0 Å². The highest BCUT2D eigenvalue weighted by molar-refractivity contribution is 5.96. The van der Waals surface area contributed by atoms with Gasteiger partial charge in [-0.3, -0.25) is 14.6 Å². The average Bonchev–Trinajstić information content (AvgIpc) is 3.43. The molecule has 1 aliphatic carbocycles. The molecule has 4 heterocycles. The minimum atomic E-state index is -0.333. The first-order valence-corrected chi connectivity index (χ1v) is 15.1. The molecule has 12 heteroatoms. The molecule has 0 spiro atoms. The fourth-order valence-corrected chi connectivity index (χ4v) is 5.97. The third kappa shape index (κ3) is 6.61. The van der Waals surface area contributed by atoms with Gasteiger partial charge < -0.3 is 34.2 Å². The van der Waals surface area contributed by atoms with E-state index in [0.29, 0.717) is 42.7 Å². The van der Waals surface area contributed by atoms with Gasteiger partial charge in [0.2, 0.25) is 11.9 Å². The van der Waals surface area contributed by atoms with E-state index >= 15 is 0 Å². The van der Waals surface area contributed by atoms with Crippen molar-refractivity contribution in [3.8, 4) is 11.5 Å². The van der Waals surface area contributed by atoms with Crippen molar-refractivity contribution < 1.29 is 23.8 Å². The molecule has 3 aromatic rings. The second-order valence-electron chi connectivity index (χ2n) is 11.7. The maximum atomic E-state index is 13.6. The predicted molar refractivity (Wildman–Crippen MR) is 164 cm³/mol. The fraction of sp³-hybridized carbons (Fsp3) is 0.469. The number of hydrogen-bond acceptors (Lipinski definition) is 10. The van der Waals surface area contributed by atoms with Crippen LogP contribution >= 0.6 is 0 Å². The van der Waals surface area contributed by atoms with Gasteiger partial charge in [-0.2, -0.15) is 4.98 Å². The van der Waals surface area contributed by atoms with E-state index in [2.05, 4.69) is 15.2 Å². The number of benzene rings is 1. The van der Waals surface area contributed by atoms with Crippen LogP contribution in [0.15, 0.2) is 42.7 Å². The van der Waals surface area contributed by atoms with Crippen LogP contribution in [0.2, 0.25) is 0 Å². The number of nitrogens with zero attached hydrogens (tertiary/aromatic N) is 6. The van der Waals surface area contributed by atoms with Gasteiger partial charge in [0.05, 0.1) is 49.4 Å². The van der Waals surface area contributed by atoms with Crippen LogP contribution in [-0.2, 0) is 33.7 Å². The number of carbonyl (C=O) groups is 2. The van der Waals surface area contributed by atoms with Crippen molar-refractivity contribution in [1.29, 1.82) is 0 Å². The van der Waals surface area contributed by atoms with E-state index in [-0.39, 0.29) is 43.7 Å². The van der Waals surface area contributed by atoms with Gasteiger partial charge in [-0.1, -0.05) is 12.1 Å². The molecule has 4 bridgehead atoms. The van der Waals surface area contributed by atoms with Gasteiger partial charge in [0.25, 0.3) is 5.91 Å². The first kappa shape index (κ1) is 29.8. The molecule has 0 radical (unpaired) electrons. The van der Waals surface area contributed by atoms with Crippen LogP contribution in [0.3, 0.4) is 0 Å². The van der Waals surface area contributed by atoms with Gasteiger partial charge in [-0.15, -0.1) is 0 Å². The minimum absolute atomic E-state index is 0.136. The Labute approximate surface area is 257 Å². The molecule has 1 fully saturated rings. The molecule has 232 valence electrons. The second-order valence-corrected chi connectivity index (χ2v) is 11.7. The molecule has 2 amide bonds. The first-order valence-electron chi connectivity index (χ1n) is 15.1. The number of methoxy groups -OCH3 is 1. The molecule has 0 saturated carbocycles. The quantitative estimate of drug-likeness (QED) is 0.467. The first-order chi connectivity index (χ1) is 21.4. The molecule has 3 aliphatic rings. The Morgan fingerprint density at radius 2 is 1.93 bits per heavy atom. The smallest absolute Gasteiger partial charge is 0.256 e. The zero-order valence-electron chi connectivity index (χ0n) is 25.5. The SMILES string of the molecule is COCCN1CC(=O)N[C@H]2CN(c3nc(N(C)C)nc4c3CCCC4)C[C@@H]2OCc2cccc(c2)Oc2cncc(c2)C1=O. The minimum Gasteiger partial charge on any atom is -0.456 e. The molecule has 2 aliphatic heterocycles. The van der Waals surface area contributed by atoms with E-state index in [9.17, 15) is 9.59 Å².